The number of rotatable bonds is 2. The van der Waals surface area contributed by atoms with Crippen LogP contribution >= 0.6 is 0 Å². The molecular formula is C17H22O. The Morgan fingerprint density at radius 1 is 0.889 bits per heavy atom. The second-order valence-corrected chi connectivity index (χ2v) is 6.03. The molecule has 2 atom stereocenters. The van der Waals surface area contributed by atoms with Crippen molar-refractivity contribution in [2.45, 2.75) is 50.9 Å². The summed E-state index contributed by atoms with van der Waals surface area (Å²) in [6.45, 7) is 0. The summed E-state index contributed by atoms with van der Waals surface area (Å²) in [7, 11) is 0. The van der Waals surface area contributed by atoms with Crippen LogP contribution < -0.4 is 0 Å². The Balaban J connectivity index is 1.70. The average Bonchev–Trinajstić information content (AvgIpc) is 2.83. The minimum atomic E-state index is 0.193. The van der Waals surface area contributed by atoms with Crippen molar-refractivity contribution in [3.8, 4) is 0 Å². The molecule has 2 fully saturated rings. The molecule has 0 unspecified atom stereocenters. The van der Waals surface area contributed by atoms with E-state index >= 15 is 0 Å². The largest absolute Gasteiger partial charge is 0.299 e. The highest BCUT2D eigenvalue weighted by molar-refractivity contribution is 5.88. The molecule has 2 saturated carbocycles. The lowest BCUT2D eigenvalue weighted by molar-refractivity contribution is -0.118. The van der Waals surface area contributed by atoms with Gasteiger partial charge in [0, 0.05) is 12.3 Å². The Labute approximate surface area is 110 Å². The minimum absolute atomic E-state index is 0.193. The predicted octanol–water partition coefficient (Wildman–Crippen LogP) is 4.33. The molecule has 1 heteroatoms. The van der Waals surface area contributed by atoms with Gasteiger partial charge in [-0.05, 0) is 23.8 Å². The highest BCUT2D eigenvalue weighted by Gasteiger charge is 2.37. The summed E-state index contributed by atoms with van der Waals surface area (Å²) < 4.78 is 0. The Kier molecular flexibility index (Phi) is 3.49. The maximum atomic E-state index is 12.2. The molecule has 0 aromatic heterocycles. The molecule has 1 aromatic carbocycles. The van der Waals surface area contributed by atoms with Gasteiger partial charge in [0.25, 0.3) is 0 Å². The quantitative estimate of drug-likeness (QED) is 0.754. The number of carbonyl (C=O) groups is 1. The first-order valence-corrected chi connectivity index (χ1v) is 7.42. The van der Waals surface area contributed by atoms with Crippen molar-refractivity contribution in [2.75, 3.05) is 0 Å². The van der Waals surface area contributed by atoms with Crippen LogP contribution in [-0.2, 0) is 4.79 Å². The van der Waals surface area contributed by atoms with Crippen molar-refractivity contribution < 1.29 is 4.79 Å². The van der Waals surface area contributed by atoms with E-state index in [1.54, 1.807) is 0 Å². The number of carbonyl (C=O) groups excluding carboxylic acids is 1. The van der Waals surface area contributed by atoms with Crippen molar-refractivity contribution in [3.63, 3.8) is 0 Å². The number of ketones is 1. The van der Waals surface area contributed by atoms with Gasteiger partial charge in [-0.15, -0.1) is 0 Å². The molecule has 0 spiro atoms. The first-order chi connectivity index (χ1) is 8.84. The fourth-order valence-corrected chi connectivity index (χ4v) is 3.89. The molecule has 1 aromatic rings. The zero-order valence-corrected chi connectivity index (χ0v) is 11.0. The molecular weight excluding hydrogens is 220 g/mol. The van der Waals surface area contributed by atoms with Gasteiger partial charge in [0.15, 0.2) is 0 Å². The first kappa shape index (κ1) is 12.0. The normalized spacial score (nSPS) is 29.7. The molecule has 0 heterocycles. The van der Waals surface area contributed by atoms with Crippen LogP contribution in [0.2, 0.25) is 0 Å². The molecule has 18 heavy (non-hydrogen) atoms. The number of benzene rings is 1. The van der Waals surface area contributed by atoms with E-state index in [4.69, 9.17) is 0 Å². The lowest BCUT2D eigenvalue weighted by Crippen LogP contribution is -2.15. The number of Topliss-reactive ketones (excluding diaryl/α,β-unsaturated/α-hetero) is 1. The molecule has 0 N–H and O–H groups in total. The lowest BCUT2D eigenvalue weighted by atomic mass is 9.78. The van der Waals surface area contributed by atoms with Gasteiger partial charge in [-0.25, -0.2) is 0 Å². The molecule has 2 aliphatic carbocycles. The maximum absolute atomic E-state index is 12.2. The van der Waals surface area contributed by atoms with Crippen LogP contribution in [0, 0.1) is 11.8 Å². The second kappa shape index (κ2) is 5.26. The zero-order chi connectivity index (χ0) is 12.4. The highest BCUT2D eigenvalue weighted by Crippen LogP contribution is 2.43. The molecule has 0 aliphatic heterocycles. The van der Waals surface area contributed by atoms with E-state index < -0.39 is 0 Å². The van der Waals surface area contributed by atoms with E-state index in [9.17, 15) is 4.79 Å². The topological polar surface area (TPSA) is 17.1 Å². The van der Waals surface area contributed by atoms with E-state index in [-0.39, 0.29) is 5.92 Å². The molecule has 0 amide bonds. The maximum Gasteiger partial charge on any atom is 0.140 e. The third-order valence-corrected chi connectivity index (χ3v) is 4.91. The fraction of sp³-hybridized carbons (Fsp3) is 0.588. The Bertz CT molecular complexity index is 403. The van der Waals surface area contributed by atoms with Gasteiger partial charge in [-0.3, -0.25) is 4.79 Å². The van der Waals surface area contributed by atoms with E-state index in [2.05, 4.69) is 24.3 Å². The standard InChI is InChI=1S/C17H22O/c18-17-12-15(13-7-3-1-4-8-13)11-16(17)14-9-5-2-6-10-14/h2,5-6,9-10,13,15-16H,1,3-4,7-8,11-12H2/t15-,16+/m0/s1. The van der Waals surface area contributed by atoms with Crippen LogP contribution in [0.25, 0.3) is 0 Å². The highest BCUT2D eigenvalue weighted by atomic mass is 16.1. The molecule has 0 saturated heterocycles. The van der Waals surface area contributed by atoms with Gasteiger partial charge >= 0.3 is 0 Å². The molecule has 96 valence electrons. The number of hydrogen-bond donors (Lipinski definition) is 0. The van der Waals surface area contributed by atoms with E-state index in [0.29, 0.717) is 11.7 Å². The lowest BCUT2D eigenvalue weighted by Gasteiger charge is -2.27. The van der Waals surface area contributed by atoms with Crippen LogP contribution in [0.3, 0.4) is 0 Å². The van der Waals surface area contributed by atoms with Crippen LogP contribution in [0.4, 0.5) is 0 Å². The third kappa shape index (κ3) is 2.36. The number of hydrogen-bond acceptors (Lipinski definition) is 1. The fourth-order valence-electron chi connectivity index (χ4n) is 3.89. The summed E-state index contributed by atoms with van der Waals surface area (Å²) in [4.78, 5) is 12.2. The molecule has 2 aliphatic rings. The van der Waals surface area contributed by atoms with Crippen LogP contribution in [0.5, 0.6) is 0 Å². The minimum Gasteiger partial charge on any atom is -0.299 e. The Morgan fingerprint density at radius 3 is 2.33 bits per heavy atom. The summed E-state index contributed by atoms with van der Waals surface area (Å²) in [6.07, 6.45) is 8.83. The van der Waals surface area contributed by atoms with Gasteiger partial charge in [-0.2, -0.15) is 0 Å². The third-order valence-electron chi connectivity index (χ3n) is 4.91. The first-order valence-electron chi connectivity index (χ1n) is 7.42. The SMILES string of the molecule is O=C1C[C@@H](C2CCCCC2)C[C@@H]1c1ccccc1. The van der Waals surface area contributed by atoms with Crippen LogP contribution in [0.1, 0.15) is 56.4 Å². The van der Waals surface area contributed by atoms with Crippen molar-refractivity contribution >= 4 is 5.78 Å². The predicted molar refractivity (Wildman–Crippen MR) is 73.5 cm³/mol. The molecule has 0 radical (unpaired) electrons. The van der Waals surface area contributed by atoms with Gasteiger partial charge in [-0.1, -0.05) is 62.4 Å². The monoisotopic (exact) mass is 242 g/mol. The van der Waals surface area contributed by atoms with Gasteiger partial charge in [0.2, 0.25) is 0 Å². The summed E-state index contributed by atoms with van der Waals surface area (Å²) in [6, 6.07) is 10.4. The second-order valence-electron chi connectivity index (χ2n) is 6.03. The summed E-state index contributed by atoms with van der Waals surface area (Å²) in [5.74, 6) is 2.18. The van der Waals surface area contributed by atoms with E-state index in [1.807, 2.05) is 6.07 Å². The van der Waals surface area contributed by atoms with Crippen molar-refractivity contribution in [3.05, 3.63) is 35.9 Å². The van der Waals surface area contributed by atoms with Crippen molar-refractivity contribution in [1.29, 1.82) is 0 Å². The van der Waals surface area contributed by atoms with Gasteiger partial charge < -0.3 is 0 Å². The van der Waals surface area contributed by atoms with Gasteiger partial charge in [0.05, 0.1) is 0 Å². The smallest absolute Gasteiger partial charge is 0.140 e. The van der Waals surface area contributed by atoms with Crippen molar-refractivity contribution in [1.82, 2.24) is 0 Å². The summed E-state index contributed by atoms with van der Waals surface area (Å²) >= 11 is 0. The van der Waals surface area contributed by atoms with E-state index in [0.717, 1.165) is 18.8 Å². The van der Waals surface area contributed by atoms with Crippen molar-refractivity contribution in [2.24, 2.45) is 11.8 Å². The Hall–Kier alpha value is -1.11. The zero-order valence-electron chi connectivity index (χ0n) is 11.0. The Morgan fingerprint density at radius 2 is 1.61 bits per heavy atom. The summed E-state index contributed by atoms with van der Waals surface area (Å²) in [5, 5.41) is 0. The molecule has 1 nitrogen and oxygen atoms in total. The molecule has 3 rings (SSSR count). The average molecular weight is 242 g/mol. The summed E-state index contributed by atoms with van der Waals surface area (Å²) in [5.41, 5.74) is 1.24. The van der Waals surface area contributed by atoms with Gasteiger partial charge in [0.1, 0.15) is 5.78 Å². The van der Waals surface area contributed by atoms with Crippen LogP contribution in [0.15, 0.2) is 30.3 Å². The van der Waals surface area contributed by atoms with E-state index in [1.165, 1.54) is 37.7 Å². The van der Waals surface area contributed by atoms with Crippen LogP contribution in [-0.4, -0.2) is 5.78 Å². The molecule has 0 bridgehead atoms.